The van der Waals surface area contributed by atoms with Gasteiger partial charge in [-0.2, -0.15) is 0 Å². The second-order valence-corrected chi connectivity index (χ2v) is 6.62. The van der Waals surface area contributed by atoms with Gasteiger partial charge in [0.25, 0.3) is 0 Å². The maximum absolute atomic E-state index is 12.8. The first-order valence-corrected chi connectivity index (χ1v) is 8.96. The normalized spacial score (nSPS) is 12.8. The Balaban J connectivity index is 1.39. The van der Waals surface area contributed by atoms with Gasteiger partial charge in [0.2, 0.25) is 11.8 Å². The quantitative estimate of drug-likeness (QED) is 0.575. The Bertz CT molecular complexity index is 866. The van der Waals surface area contributed by atoms with E-state index >= 15 is 0 Å². The Hall–Kier alpha value is -3.42. The molecule has 1 aliphatic rings. The van der Waals surface area contributed by atoms with E-state index in [9.17, 15) is 18.8 Å². The molecule has 1 saturated carbocycles. The van der Waals surface area contributed by atoms with E-state index < -0.39 is 11.9 Å². The molecule has 2 aromatic rings. The van der Waals surface area contributed by atoms with E-state index in [1.54, 1.807) is 18.2 Å². The van der Waals surface area contributed by atoms with Gasteiger partial charge >= 0.3 is 6.03 Å². The minimum atomic E-state index is -0.570. The molecular formula is C20H21FN4O3. The summed E-state index contributed by atoms with van der Waals surface area (Å²) in [5.74, 6) is -0.665. The van der Waals surface area contributed by atoms with Gasteiger partial charge in [-0.25, -0.2) is 14.6 Å². The lowest BCUT2D eigenvalue weighted by molar-refractivity contribution is -0.121. The molecule has 0 heterocycles. The summed E-state index contributed by atoms with van der Waals surface area (Å²) >= 11 is 0. The smallest absolute Gasteiger partial charge is 0.333 e. The van der Waals surface area contributed by atoms with Gasteiger partial charge in [0.15, 0.2) is 0 Å². The summed E-state index contributed by atoms with van der Waals surface area (Å²) in [5.41, 5.74) is 6.67. The largest absolute Gasteiger partial charge is 0.333 e. The van der Waals surface area contributed by atoms with E-state index in [-0.39, 0.29) is 30.6 Å². The zero-order valence-electron chi connectivity index (χ0n) is 15.1. The number of nitrogens with one attached hydrogen (secondary N) is 4. The fraction of sp³-hybridized carbons (Fsp3) is 0.250. The minimum Gasteiger partial charge on any atom is -0.333 e. The lowest BCUT2D eigenvalue weighted by Gasteiger charge is -2.10. The zero-order chi connectivity index (χ0) is 19.9. The fourth-order valence-corrected chi connectivity index (χ4v) is 2.53. The first-order chi connectivity index (χ1) is 13.5. The van der Waals surface area contributed by atoms with Crippen molar-refractivity contribution in [2.24, 2.45) is 5.92 Å². The number of halogens is 1. The average Bonchev–Trinajstić information content (AvgIpc) is 3.52. The molecule has 28 heavy (non-hydrogen) atoms. The molecule has 8 heteroatoms. The maximum Gasteiger partial charge on any atom is 0.333 e. The van der Waals surface area contributed by atoms with Crippen molar-refractivity contribution in [3.05, 3.63) is 65.5 Å². The summed E-state index contributed by atoms with van der Waals surface area (Å²) in [7, 11) is 0. The van der Waals surface area contributed by atoms with Crippen molar-refractivity contribution in [2.75, 3.05) is 5.32 Å². The van der Waals surface area contributed by atoms with Crippen molar-refractivity contribution < 1.29 is 18.8 Å². The molecule has 146 valence electrons. The average molecular weight is 384 g/mol. The standard InChI is InChI=1S/C20H21FN4O3/c21-16-8-4-13(5-9-16)11-18(26)24-25-20(28)22-12-14-2-1-3-17(10-14)23-19(27)15-6-7-15/h1-5,8-10,15H,6-7,11-12H2,(H,23,27)(H,24,26)(H2,22,25,28). The molecule has 2 aromatic carbocycles. The highest BCUT2D eigenvalue weighted by molar-refractivity contribution is 5.94. The predicted octanol–water partition coefficient (Wildman–Crippen LogP) is 2.25. The van der Waals surface area contributed by atoms with Crippen LogP contribution < -0.4 is 21.5 Å². The molecule has 1 fully saturated rings. The van der Waals surface area contributed by atoms with Crippen molar-refractivity contribution in [3.8, 4) is 0 Å². The van der Waals surface area contributed by atoms with Crippen LogP contribution in [0.25, 0.3) is 0 Å². The number of rotatable bonds is 6. The number of hydrazine groups is 1. The SMILES string of the molecule is O=C(Cc1ccc(F)cc1)NNC(=O)NCc1cccc(NC(=O)C2CC2)c1. The van der Waals surface area contributed by atoms with Gasteiger partial charge in [-0.05, 0) is 48.2 Å². The van der Waals surface area contributed by atoms with Gasteiger partial charge in [0.05, 0.1) is 6.42 Å². The molecule has 1 aliphatic carbocycles. The van der Waals surface area contributed by atoms with Gasteiger partial charge in [-0.1, -0.05) is 24.3 Å². The number of carbonyl (C=O) groups is 3. The summed E-state index contributed by atoms with van der Waals surface area (Å²) in [6, 6.07) is 12.2. The molecule has 0 saturated heterocycles. The third-order valence-electron chi connectivity index (χ3n) is 4.19. The van der Waals surface area contributed by atoms with Crippen LogP contribution in [0, 0.1) is 11.7 Å². The lowest BCUT2D eigenvalue weighted by atomic mass is 10.1. The first-order valence-electron chi connectivity index (χ1n) is 8.96. The topological polar surface area (TPSA) is 99.3 Å². The number of amides is 4. The van der Waals surface area contributed by atoms with E-state index in [1.807, 2.05) is 6.07 Å². The van der Waals surface area contributed by atoms with Crippen molar-refractivity contribution >= 4 is 23.5 Å². The Labute approximate surface area is 161 Å². The molecule has 0 atom stereocenters. The van der Waals surface area contributed by atoms with Crippen LogP contribution in [0.3, 0.4) is 0 Å². The van der Waals surface area contributed by atoms with Crippen LogP contribution in [-0.4, -0.2) is 17.8 Å². The molecule has 7 nitrogen and oxygen atoms in total. The van der Waals surface area contributed by atoms with Gasteiger partial charge in [0.1, 0.15) is 5.82 Å². The third kappa shape index (κ3) is 6.08. The maximum atomic E-state index is 12.8. The minimum absolute atomic E-state index is 0.0172. The van der Waals surface area contributed by atoms with Crippen LogP contribution in [0.4, 0.5) is 14.9 Å². The van der Waals surface area contributed by atoms with Crippen molar-refractivity contribution in [3.63, 3.8) is 0 Å². The van der Waals surface area contributed by atoms with Gasteiger partial charge in [-0.3, -0.25) is 15.0 Å². The molecule has 0 unspecified atom stereocenters. The number of anilines is 1. The highest BCUT2D eigenvalue weighted by Gasteiger charge is 2.29. The van der Waals surface area contributed by atoms with Crippen molar-refractivity contribution in [1.29, 1.82) is 0 Å². The second-order valence-electron chi connectivity index (χ2n) is 6.62. The summed E-state index contributed by atoms with van der Waals surface area (Å²) in [4.78, 5) is 35.4. The van der Waals surface area contributed by atoms with E-state index in [2.05, 4.69) is 21.5 Å². The molecule has 4 amide bonds. The molecule has 0 aromatic heterocycles. The number of hydrogen-bond donors (Lipinski definition) is 4. The second kappa shape index (κ2) is 8.98. The molecular weight excluding hydrogens is 363 g/mol. The van der Waals surface area contributed by atoms with Crippen LogP contribution in [0.2, 0.25) is 0 Å². The molecule has 0 bridgehead atoms. The van der Waals surface area contributed by atoms with E-state index in [1.165, 1.54) is 24.3 Å². The molecule has 0 radical (unpaired) electrons. The van der Waals surface area contributed by atoms with Crippen LogP contribution in [0.1, 0.15) is 24.0 Å². The van der Waals surface area contributed by atoms with Gasteiger partial charge < -0.3 is 10.6 Å². The Morgan fingerprint density at radius 2 is 1.71 bits per heavy atom. The Morgan fingerprint density at radius 1 is 0.964 bits per heavy atom. The zero-order valence-corrected chi connectivity index (χ0v) is 15.1. The predicted molar refractivity (Wildman–Crippen MR) is 101 cm³/mol. The third-order valence-corrected chi connectivity index (χ3v) is 4.19. The van der Waals surface area contributed by atoms with Gasteiger partial charge in [0, 0.05) is 18.2 Å². The first kappa shape index (κ1) is 19.3. The number of carbonyl (C=O) groups excluding carboxylic acids is 3. The number of hydrogen-bond acceptors (Lipinski definition) is 3. The van der Waals surface area contributed by atoms with Crippen LogP contribution in [0.5, 0.6) is 0 Å². The monoisotopic (exact) mass is 384 g/mol. The summed E-state index contributed by atoms with van der Waals surface area (Å²) in [5, 5.41) is 5.47. The highest BCUT2D eigenvalue weighted by Crippen LogP contribution is 2.30. The van der Waals surface area contributed by atoms with E-state index in [0.29, 0.717) is 11.3 Å². The van der Waals surface area contributed by atoms with Crippen LogP contribution in [0.15, 0.2) is 48.5 Å². The number of benzene rings is 2. The molecule has 4 N–H and O–H groups in total. The molecule has 3 rings (SSSR count). The van der Waals surface area contributed by atoms with Crippen molar-refractivity contribution in [2.45, 2.75) is 25.8 Å². The van der Waals surface area contributed by atoms with E-state index in [4.69, 9.17) is 0 Å². The fourth-order valence-electron chi connectivity index (χ4n) is 2.53. The van der Waals surface area contributed by atoms with Crippen molar-refractivity contribution in [1.82, 2.24) is 16.2 Å². The van der Waals surface area contributed by atoms with Crippen LogP contribution in [-0.2, 0) is 22.6 Å². The van der Waals surface area contributed by atoms with E-state index in [0.717, 1.165) is 18.4 Å². The number of urea groups is 1. The lowest BCUT2D eigenvalue weighted by Crippen LogP contribution is -2.47. The highest BCUT2D eigenvalue weighted by atomic mass is 19.1. The Kier molecular flexibility index (Phi) is 6.21. The van der Waals surface area contributed by atoms with Crippen LogP contribution >= 0.6 is 0 Å². The van der Waals surface area contributed by atoms with Gasteiger partial charge in [-0.15, -0.1) is 0 Å². The Morgan fingerprint density at radius 3 is 2.43 bits per heavy atom. The molecule has 0 spiro atoms. The summed E-state index contributed by atoms with van der Waals surface area (Å²) < 4.78 is 12.8. The molecule has 0 aliphatic heterocycles. The summed E-state index contributed by atoms with van der Waals surface area (Å²) in [6.07, 6.45) is 1.88. The summed E-state index contributed by atoms with van der Waals surface area (Å²) in [6.45, 7) is 0.229.